The summed E-state index contributed by atoms with van der Waals surface area (Å²) in [6, 6.07) is 0.307. The number of carbonyl (C=O) groups excluding carboxylic acids is 1. The van der Waals surface area contributed by atoms with Crippen LogP contribution in [0.4, 0.5) is 0 Å². The predicted octanol–water partition coefficient (Wildman–Crippen LogP) is 2.25. The molecule has 1 aromatic heterocycles. The summed E-state index contributed by atoms with van der Waals surface area (Å²) in [5.41, 5.74) is 0.397. The van der Waals surface area contributed by atoms with Crippen molar-refractivity contribution in [3.05, 3.63) is 15.5 Å². The second kappa shape index (κ2) is 4.77. The molecule has 1 rings (SSSR count). The van der Waals surface area contributed by atoms with E-state index in [1.165, 1.54) is 7.11 Å². The minimum absolute atomic E-state index is 0.307. The third-order valence-electron chi connectivity index (χ3n) is 2.11. The number of hydrogen-bond donors (Lipinski definition) is 0. The van der Waals surface area contributed by atoms with Crippen LogP contribution in [0.1, 0.15) is 36.8 Å². The van der Waals surface area contributed by atoms with Gasteiger partial charge in [0.15, 0.2) is 5.69 Å². The summed E-state index contributed by atoms with van der Waals surface area (Å²) in [5.74, 6) is -0.378. The molecule has 1 aromatic rings. The molecule has 0 fully saturated rings. The first kappa shape index (κ1) is 11.5. The van der Waals surface area contributed by atoms with Gasteiger partial charge >= 0.3 is 5.97 Å². The van der Waals surface area contributed by atoms with Crippen LogP contribution >= 0.6 is 22.6 Å². The van der Waals surface area contributed by atoms with Crippen molar-refractivity contribution in [3.63, 3.8) is 0 Å². The fraction of sp³-hybridized carbons (Fsp3) is 0.556. The van der Waals surface area contributed by atoms with Gasteiger partial charge < -0.3 is 4.74 Å². The highest BCUT2D eigenvalue weighted by Crippen LogP contribution is 2.16. The van der Waals surface area contributed by atoms with E-state index in [-0.39, 0.29) is 5.97 Å². The first-order valence-corrected chi connectivity index (χ1v) is 5.51. The largest absolute Gasteiger partial charge is 0.464 e. The van der Waals surface area contributed by atoms with Crippen LogP contribution in [0.3, 0.4) is 0 Å². The zero-order chi connectivity index (χ0) is 10.7. The van der Waals surface area contributed by atoms with E-state index in [0.29, 0.717) is 11.7 Å². The van der Waals surface area contributed by atoms with Gasteiger partial charge in [0.2, 0.25) is 0 Å². The fourth-order valence-electron chi connectivity index (χ4n) is 1.02. The van der Waals surface area contributed by atoms with E-state index in [1.54, 1.807) is 4.68 Å². The average Bonchev–Trinajstić information content (AvgIpc) is 2.58. The molecule has 4 nitrogen and oxygen atoms in total. The van der Waals surface area contributed by atoms with Crippen molar-refractivity contribution in [1.29, 1.82) is 0 Å². The van der Waals surface area contributed by atoms with E-state index in [0.717, 1.165) is 9.99 Å². The number of carbonyl (C=O) groups is 1. The number of methoxy groups -OCH3 is 1. The molecule has 78 valence electrons. The monoisotopic (exact) mass is 308 g/mol. The third kappa shape index (κ3) is 2.26. The smallest absolute Gasteiger partial charge is 0.359 e. The minimum Gasteiger partial charge on any atom is -0.464 e. The van der Waals surface area contributed by atoms with Crippen molar-refractivity contribution in [3.8, 4) is 0 Å². The number of aromatic nitrogens is 2. The molecule has 1 heterocycles. The number of ether oxygens (including phenoxy) is 1. The van der Waals surface area contributed by atoms with E-state index < -0.39 is 0 Å². The minimum atomic E-state index is -0.378. The van der Waals surface area contributed by atoms with E-state index in [2.05, 4.69) is 46.3 Å². The Bertz CT molecular complexity index is 336. The van der Waals surface area contributed by atoms with Crippen molar-refractivity contribution in [2.45, 2.75) is 26.3 Å². The second-order valence-electron chi connectivity index (χ2n) is 3.05. The molecule has 0 bridgehead atoms. The molecule has 0 aliphatic heterocycles. The summed E-state index contributed by atoms with van der Waals surface area (Å²) in [5, 5.41) is 4.19. The maximum absolute atomic E-state index is 11.3. The van der Waals surface area contributed by atoms with Crippen molar-refractivity contribution in [2.24, 2.45) is 0 Å². The molecule has 1 atom stereocenters. The molecule has 0 aliphatic rings. The molecule has 1 unspecified atom stereocenters. The molecular formula is C9H13IN2O2. The number of halogens is 1. The van der Waals surface area contributed by atoms with Gasteiger partial charge in [0.05, 0.1) is 10.7 Å². The Balaban J connectivity index is 2.98. The second-order valence-corrected chi connectivity index (χ2v) is 4.22. The lowest BCUT2D eigenvalue weighted by Gasteiger charge is -2.07. The van der Waals surface area contributed by atoms with Gasteiger partial charge in [0.25, 0.3) is 0 Å². The molecule has 14 heavy (non-hydrogen) atoms. The van der Waals surface area contributed by atoms with Gasteiger partial charge in [-0.05, 0) is 35.9 Å². The fourth-order valence-corrected chi connectivity index (χ4v) is 1.63. The summed E-state index contributed by atoms with van der Waals surface area (Å²) < 4.78 is 7.25. The van der Waals surface area contributed by atoms with E-state index in [4.69, 9.17) is 0 Å². The summed E-state index contributed by atoms with van der Waals surface area (Å²) in [6.45, 7) is 4.14. The van der Waals surface area contributed by atoms with Crippen LogP contribution in [-0.4, -0.2) is 22.9 Å². The SMILES string of the molecule is CCC(C)n1cc(I)c(C(=O)OC)n1. The normalized spacial score (nSPS) is 12.6. The summed E-state index contributed by atoms with van der Waals surface area (Å²) in [7, 11) is 1.36. The van der Waals surface area contributed by atoms with Gasteiger partial charge in [0, 0.05) is 12.2 Å². The Hall–Kier alpha value is -0.590. The highest BCUT2D eigenvalue weighted by molar-refractivity contribution is 14.1. The van der Waals surface area contributed by atoms with Crippen molar-refractivity contribution >= 4 is 28.6 Å². The first-order chi connectivity index (χ1) is 6.60. The van der Waals surface area contributed by atoms with Crippen LogP contribution in [0, 0.1) is 3.57 Å². The van der Waals surface area contributed by atoms with Crippen LogP contribution in [0.15, 0.2) is 6.20 Å². The Kier molecular flexibility index (Phi) is 3.91. The van der Waals surface area contributed by atoms with Crippen LogP contribution in [-0.2, 0) is 4.74 Å². The lowest BCUT2D eigenvalue weighted by atomic mass is 10.3. The standard InChI is InChI=1S/C9H13IN2O2/c1-4-6(2)12-5-7(10)8(11-12)9(13)14-3/h5-6H,4H2,1-3H3. The highest BCUT2D eigenvalue weighted by atomic mass is 127. The molecule has 0 aliphatic carbocycles. The number of esters is 1. The molecule has 5 heteroatoms. The predicted molar refractivity (Wildman–Crippen MR) is 61.3 cm³/mol. The molecule has 0 spiro atoms. The van der Waals surface area contributed by atoms with Crippen molar-refractivity contribution in [1.82, 2.24) is 9.78 Å². The van der Waals surface area contributed by atoms with Gasteiger partial charge in [-0.1, -0.05) is 6.92 Å². The molecule has 0 saturated heterocycles. The lowest BCUT2D eigenvalue weighted by Crippen LogP contribution is -2.08. The lowest BCUT2D eigenvalue weighted by molar-refractivity contribution is 0.0591. The van der Waals surface area contributed by atoms with Gasteiger partial charge in [-0.15, -0.1) is 0 Å². The topological polar surface area (TPSA) is 44.1 Å². The van der Waals surface area contributed by atoms with Gasteiger partial charge in [-0.25, -0.2) is 4.79 Å². The summed E-state index contributed by atoms with van der Waals surface area (Å²) >= 11 is 2.09. The third-order valence-corrected chi connectivity index (χ3v) is 2.90. The Morgan fingerprint density at radius 2 is 2.43 bits per heavy atom. The Morgan fingerprint density at radius 1 is 1.79 bits per heavy atom. The molecule has 0 aromatic carbocycles. The summed E-state index contributed by atoms with van der Waals surface area (Å²) in [4.78, 5) is 11.3. The van der Waals surface area contributed by atoms with Gasteiger partial charge in [0.1, 0.15) is 0 Å². The van der Waals surface area contributed by atoms with E-state index in [9.17, 15) is 4.79 Å². The Labute approximate surface area is 96.8 Å². The Morgan fingerprint density at radius 3 is 2.93 bits per heavy atom. The van der Waals surface area contributed by atoms with E-state index >= 15 is 0 Å². The van der Waals surface area contributed by atoms with Crippen LogP contribution < -0.4 is 0 Å². The number of nitrogens with zero attached hydrogens (tertiary/aromatic N) is 2. The number of rotatable bonds is 3. The van der Waals surface area contributed by atoms with Gasteiger partial charge in [-0.3, -0.25) is 4.68 Å². The molecular weight excluding hydrogens is 295 g/mol. The summed E-state index contributed by atoms with van der Waals surface area (Å²) in [6.07, 6.45) is 2.85. The zero-order valence-electron chi connectivity index (χ0n) is 8.45. The highest BCUT2D eigenvalue weighted by Gasteiger charge is 2.16. The maximum atomic E-state index is 11.3. The zero-order valence-corrected chi connectivity index (χ0v) is 10.6. The van der Waals surface area contributed by atoms with Crippen LogP contribution in [0.5, 0.6) is 0 Å². The average molecular weight is 308 g/mol. The quantitative estimate of drug-likeness (QED) is 0.635. The van der Waals surface area contributed by atoms with E-state index in [1.807, 2.05) is 6.20 Å². The van der Waals surface area contributed by atoms with Crippen molar-refractivity contribution < 1.29 is 9.53 Å². The first-order valence-electron chi connectivity index (χ1n) is 4.43. The molecule has 0 saturated carbocycles. The molecule has 0 radical (unpaired) electrons. The van der Waals surface area contributed by atoms with Crippen molar-refractivity contribution in [2.75, 3.05) is 7.11 Å². The molecule has 0 amide bonds. The number of hydrogen-bond acceptors (Lipinski definition) is 3. The van der Waals surface area contributed by atoms with Crippen LogP contribution in [0.25, 0.3) is 0 Å². The maximum Gasteiger partial charge on any atom is 0.359 e. The van der Waals surface area contributed by atoms with Gasteiger partial charge in [-0.2, -0.15) is 5.10 Å². The molecule has 0 N–H and O–H groups in total. The van der Waals surface area contributed by atoms with Crippen LogP contribution in [0.2, 0.25) is 0 Å².